The summed E-state index contributed by atoms with van der Waals surface area (Å²) in [6.07, 6.45) is 33.4. The molecule has 1 aromatic rings. The van der Waals surface area contributed by atoms with E-state index in [1.54, 1.807) is 12.2 Å². The Balaban J connectivity index is 1.83. The van der Waals surface area contributed by atoms with Crippen LogP contribution in [0.3, 0.4) is 0 Å². The molecule has 0 bridgehead atoms. The molecule has 21 heteroatoms. The minimum absolute atomic E-state index is 0.0180. The van der Waals surface area contributed by atoms with Crippen molar-refractivity contribution in [3.05, 3.63) is 71.4 Å². The van der Waals surface area contributed by atoms with Crippen LogP contribution < -0.4 is 11.4 Å². The molecule has 0 saturated carbocycles. The number of aliphatic hydroxyl groups excluding tert-OH is 2. The fourth-order valence-corrected chi connectivity index (χ4v) is 9.94. The first-order chi connectivity index (χ1) is 35.5. The molecule has 8 atom stereocenters. The SMILES string of the molecule is CCCCC/C=C\C/C=C\C/C=C\C=C\C(=O)CCCC(=O)O[C@H](COC(=O)CCCCCCCCCCCCCCCCC(C)CC)COP(=O)(O)OP(=O)(O)OC[C@H]1O[C@@H](n2ccc(N)nc2=O)[C@H](O)[C@@H]1O. The van der Waals surface area contributed by atoms with Crippen LogP contribution in [0.25, 0.3) is 0 Å². The number of ketones is 1. The molecule has 3 unspecified atom stereocenters. The second-order valence-electron chi connectivity index (χ2n) is 19.0. The molecule has 1 aromatic heterocycles. The Labute approximate surface area is 439 Å². The zero-order valence-corrected chi connectivity index (χ0v) is 46.1. The maximum absolute atomic E-state index is 12.9. The zero-order valence-electron chi connectivity index (χ0n) is 44.3. The second-order valence-corrected chi connectivity index (χ2v) is 22.1. The quantitative estimate of drug-likeness (QED) is 0.0101. The van der Waals surface area contributed by atoms with Crippen LogP contribution in [0.4, 0.5) is 5.82 Å². The van der Waals surface area contributed by atoms with E-state index in [1.807, 2.05) is 12.2 Å². The molecule has 0 radical (unpaired) electrons. The smallest absolute Gasteiger partial charge is 0.462 e. The molecular weight excluding hydrogens is 997 g/mol. The van der Waals surface area contributed by atoms with Gasteiger partial charge in [0.1, 0.15) is 30.7 Å². The van der Waals surface area contributed by atoms with Crippen LogP contribution in [0.5, 0.6) is 0 Å². The van der Waals surface area contributed by atoms with Crippen LogP contribution >= 0.6 is 15.6 Å². The molecule has 1 saturated heterocycles. The zero-order chi connectivity index (χ0) is 54.5. The van der Waals surface area contributed by atoms with E-state index in [2.05, 4.69) is 48.3 Å². The number of phosphoric ester groups is 2. The van der Waals surface area contributed by atoms with E-state index in [1.165, 1.54) is 102 Å². The monoisotopic (exact) mass is 1090 g/mol. The average Bonchev–Trinajstić information content (AvgIpc) is 3.63. The first kappa shape index (κ1) is 66.5. The number of hydrogen-bond acceptors (Lipinski definition) is 16. The number of rotatable bonds is 44. The number of nitrogens with two attached hydrogens (primary N) is 1. The Kier molecular flexibility index (Phi) is 35.7. The van der Waals surface area contributed by atoms with Gasteiger partial charge in [0, 0.05) is 25.5 Å². The van der Waals surface area contributed by atoms with Crippen LogP contribution in [-0.4, -0.2) is 91.5 Å². The van der Waals surface area contributed by atoms with Gasteiger partial charge in [-0.2, -0.15) is 9.29 Å². The summed E-state index contributed by atoms with van der Waals surface area (Å²) in [4.78, 5) is 74.4. The van der Waals surface area contributed by atoms with E-state index in [4.69, 9.17) is 29.0 Å². The lowest BCUT2D eigenvalue weighted by atomic mass is 9.99. The lowest BCUT2D eigenvalue weighted by molar-refractivity contribution is -0.161. The van der Waals surface area contributed by atoms with Gasteiger partial charge >= 0.3 is 33.3 Å². The first-order valence-electron chi connectivity index (χ1n) is 27.0. The molecule has 1 aliphatic heterocycles. The van der Waals surface area contributed by atoms with Crippen LogP contribution in [0.1, 0.15) is 194 Å². The summed E-state index contributed by atoms with van der Waals surface area (Å²) in [6, 6.07) is 1.23. The number of hydrogen-bond donors (Lipinski definition) is 5. The number of nitrogen functional groups attached to an aromatic ring is 1. The highest BCUT2D eigenvalue weighted by Gasteiger charge is 2.46. The normalized spacial score (nSPS) is 19.6. The summed E-state index contributed by atoms with van der Waals surface area (Å²) in [5, 5.41) is 20.9. The molecule has 2 heterocycles. The predicted octanol–water partition coefficient (Wildman–Crippen LogP) is 10.8. The molecule has 0 aromatic carbocycles. The van der Waals surface area contributed by atoms with Gasteiger partial charge in [-0.3, -0.25) is 28.0 Å². The van der Waals surface area contributed by atoms with E-state index in [0.717, 1.165) is 55.2 Å². The van der Waals surface area contributed by atoms with Crippen molar-refractivity contribution in [1.82, 2.24) is 9.55 Å². The summed E-state index contributed by atoms with van der Waals surface area (Å²) in [5.74, 6) is -0.949. The highest BCUT2D eigenvalue weighted by atomic mass is 31.3. The van der Waals surface area contributed by atoms with Crippen LogP contribution in [0, 0.1) is 5.92 Å². The average molecular weight is 1090 g/mol. The summed E-state index contributed by atoms with van der Waals surface area (Å²) in [6.45, 7) is 4.26. The number of unbranched alkanes of at least 4 members (excludes halogenated alkanes) is 16. The van der Waals surface area contributed by atoms with E-state index in [9.17, 15) is 48.3 Å². The molecule has 19 nitrogen and oxygen atoms in total. The molecule has 0 aliphatic carbocycles. The molecule has 422 valence electrons. The van der Waals surface area contributed by atoms with Crippen LogP contribution in [0.2, 0.25) is 0 Å². The summed E-state index contributed by atoms with van der Waals surface area (Å²) in [7, 11) is -11.0. The van der Waals surface area contributed by atoms with E-state index < -0.39 is 83.7 Å². The summed E-state index contributed by atoms with van der Waals surface area (Å²) < 4.78 is 56.6. The number of esters is 2. The molecular formula is C53H89N3O16P2. The minimum atomic E-state index is -5.48. The van der Waals surface area contributed by atoms with Crippen molar-refractivity contribution in [1.29, 1.82) is 0 Å². The number of carbonyl (C=O) groups excluding carboxylic acids is 3. The van der Waals surface area contributed by atoms with Gasteiger partial charge in [-0.1, -0.05) is 172 Å². The summed E-state index contributed by atoms with van der Waals surface area (Å²) >= 11 is 0. The van der Waals surface area contributed by atoms with Crippen molar-refractivity contribution in [3.8, 4) is 0 Å². The van der Waals surface area contributed by atoms with Gasteiger partial charge in [-0.05, 0) is 56.6 Å². The van der Waals surface area contributed by atoms with Gasteiger partial charge in [0.15, 0.2) is 18.1 Å². The van der Waals surface area contributed by atoms with Crippen molar-refractivity contribution in [2.24, 2.45) is 5.92 Å². The third-order valence-corrected chi connectivity index (χ3v) is 15.0. The number of nitrogens with zero attached hydrogens (tertiary/aromatic N) is 2. The molecule has 1 aliphatic rings. The number of phosphoric acid groups is 2. The van der Waals surface area contributed by atoms with Crippen molar-refractivity contribution < 1.29 is 71.1 Å². The lowest BCUT2D eigenvalue weighted by Crippen LogP contribution is -2.36. The molecule has 0 spiro atoms. The Hall–Kier alpha value is -3.61. The highest BCUT2D eigenvalue weighted by molar-refractivity contribution is 7.61. The maximum atomic E-state index is 12.9. The Bertz CT molecular complexity index is 2010. The van der Waals surface area contributed by atoms with E-state index in [0.29, 0.717) is 12.8 Å². The standard InChI is InChI=1S/C53H89N3O16P2/c1-4-6-7-8-9-10-11-14-18-21-24-27-30-34-44(57)35-32-37-49(59)70-45(40-67-48(58)36-31-28-25-22-19-16-13-12-15-17-20-23-26-29-33-43(3)5-2)41-68-73(63,64)72-74(65,66)69-42-46-50(60)51(61)52(71-46)56-39-38-47(54)55-53(56)62/h9-10,14,18,24,27,30,34,38-39,43,45-46,50-52,60-61H,4-8,11-13,15-17,19-23,25-26,28-29,31-33,35-37,40-42H2,1-3H3,(H,63,64)(H,65,66)(H2,54,55,62)/b10-9-,18-14-,27-24-,34-30+/t43?,45-,46-,50-,51-,52-/m1/s1. The third kappa shape index (κ3) is 32.1. The summed E-state index contributed by atoms with van der Waals surface area (Å²) in [5.41, 5.74) is 4.57. The van der Waals surface area contributed by atoms with Crippen molar-refractivity contribution >= 4 is 39.2 Å². The Morgan fingerprint density at radius 1 is 0.743 bits per heavy atom. The number of anilines is 1. The largest absolute Gasteiger partial charge is 0.481 e. The van der Waals surface area contributed by atoms with E-state index in [-0.39, 0.29) is 37.3 Å². The van der Waals surface area contributed by atoms with Crippen molar-refractivity contribution in [2.75, 3.05) is 25.6 Å². The van der Waals surface area contributed by atoms with Crippen LogP contribution in [0.15, 0.2) is 65.7 Å². The van der Waals surface area contributed by atoms with Crippen LogP contribution in [-0.2, 0) is 51.1 Å². The van der Waals surface area contributed by atoms with Gasteiger partial charge in [-0.25, -0.2) is 13.9 Å². The topological polar surface area (TPSA) is 283 Å². The second kappa shape index (κ2) is 39.7. The fraction of sp³-hybridized carbons (Fsp3) is 0.717. The number of aliphatic hydroxyl groups is 2. The van der Waals surface area contributed by atoms with Gasteiger partial charge in [0.2, 0.25) is 0 Å². The van der Waals surface area contributed by atoms with Gasteiger partial charge in [-0.15, -0.1) is 0 Å². The minimum Gasteiger partial charge on any atom is -0.462 e. The fourth-order valence-electron chi connectivity index (χ4n) is 7.83. The van der Waals surface area contributed by atoms with Gasteiger partial charge in [0.25, 0.3) is 0 Å². The number of carbonyl (C=O) groups is 3. The van der Waals surface area contributed by atoms with E-state index >= 15 is 0 Å². The van der Waals surface area contributed by atoms with Crippen molar-refractivity contribution in [3.63, 3.8) is 0 Å². The van der Waals surface area contributed by atoms with Gasteiger partial charge < -0.3 is 39.9 Å². The molecule has 1 fully saturated rings. The third-order valence-electron chi connectivity index (χ3n) is 12.4. The molecule has 2 rings (SSSR count). The Morgan fingerprint density at radius 2 is 1.34 bits per heavy atom. The maximum Gasteiger partial charge on any atom is 0.481 e. The molecule has 74 heavy (non-hydrogen) atoms. The van der Waals surface area contributed by atoms with Crippen molar-refractivity contribution in [2.45, 2.75) is 218 Å². The number of ether oxygens (including phenoxy) is 3. The number of allylic oxidation sites excluding steroid dienone is 8. The number of aromatic nitrogens is 2. The molecule has 6 N–H and O–H groups in total. The molecule has 0 amide bonds. The highest BCUT2D eigenvalue weighted by Crippen LogP contribution is 2.60. The first-order valence-corrected chi connectivity index (χ1v) is 30.0. The lowest BCUT2D eigenvalue weighted by Gasteiger charge is -2.21. The van der Waals surface area contributed by atoms with Gasteiger partial charge in [0.05, 0.1) is 13.2 Å². The predicted molar refractivity (Wildman–Crippen MR) is 284 cm³/mol. The Morgan fingerprint density at radius 3 is 1.97 bits per heavy atom.